The summed E-state index contributed by atoms with van der Waals surface area (Å²) in [5, 5.41) is 26.6. The van der Waals surface area contributed by atoms with Crippen molar-refractivity contribution in [3.63, 3.8) is 0 Å². The van der Waals surface area contributed by atoms with Gasteiger partial charge in [0.1, 0.15) is 24.2 Å². The number of hydrogen-bond donors (Lipinski definition) is 9. The maximum Gasteiger partial charge on any atom is 0.326 e. The number of carboxylic acids is 1. The number of aliphatic hydroxyl groups excluding tert-OH is 1. The first kappa shape index (κ1) is 26.5. The van der Waals surface area contributed by atoms with Gasteiger partial charge in [-0.2, -0.15) is 25.3 Å². The lowest BCUT2D eigenvalue weighted by atomic mass is 10.0. The highest BCUT2D eigenvalue weighted by Crippen LogP contribution is 2.19. The Balaban J connectivity index is 2.05. The molecule has 2 aromatic rings. The summed E-state index contributed by atoms with van der Waals surface area (Å²) in [4.78, 5) is 51.9. The molecule has 0 saturated carbocycles. The first-order chi connectivity index (χ1) is 15.7. The minimum atomic E-state index is -1.25. The van der Waals surface area contributed by atoms with Crippen molar-refractivity contribution in [3.8, 4) is 0 Å². The summed E-state index contributed by atoms with van der Waals surface area (Å²) in [6.45, 7) is -0.610. The van der Waals surface area contributed by atoms with Crippen LogP contribution in [0.15, 0.2) is 30.5 Å². The second kappa shape index (κ2) is 12.5. The summed E-state index contributed by atoms with van der Waals surface area (Å²) in [7, 11) is 0. The number of nitrogens with two attached hydrogens (primary N) is 1. The molecule has 4 atom stereocenters. The highest BCUT2D eigenvalue weighted by molar-refractivity contribution is 7.80. The molecule has 0 aliphatic rings. The van der Waals surface area contributed by atoms with E-state index in [9.17, 15) is 24.3 Å². The van der Waals surface area contributed by atoms with Crippen LogP contribution in [0.4, 0.5) is 0 Å². The van der Waals surface area contributed by atoms with E-state index >= 15 is 0 Å². The number of aromatic amines is 1. The molecule has 1 heterocycles. The molecule has 0 spiro atoms. The van der Waals surface area contributed by atoms with Gasteiger partial charge in [0.15, 0.2) is 0 Å². The SMILES string of the molecule is NC(CO)C(=O)NC(CS)C(=O)NC(CS)C(=O)NC(Cc1c[nH]c2ccccc12)C(=O)O. The van der Waals surface area contributed by atoms with E-state index < -0.39 is 54.5 Å². The van der Waals surface area contributed by atoms with Crippen molar-refractivity contribution >= 4 is 59.9 Å². The van der Waals surface area contributed by atoms with Crippen molar-refractivity contribution in [1.29, 1.82) is 0 Å². The number of H-pyrrole nitrogens is 1. The molecule has 0 fully saturated rings. The third-order valence-electron chi connectivity index (χ3n) is 4.88. The number of aliphatic hydroxyl groups is 1. The zero-order chi connectivity index (χ0) is 24.5. The molecule has 13 heteroatoms. The van der Waals surface area contributed by atoms with Gasteiger partial charge < -0.3 is 36.9 Å². The number of hydrogen-bond acceptors (Lipinski definition) is 8. The van der Waals surface area contributed by atoms with Crippen LogP contribution >= 0.6 is 25.3 Å². The first-order valence-corrected chi connectivity index (χ1v) is 11.2. The zero-order valence-electron chi connectivity index (χ0n) is 17.5. The predicted octanol–water partition coefficient (Wildman–Crippen LogP) is -1.57. The van der Waals surface area contributed by atoms with Crippen LogP contribution < -0.4 is 21.7 Å². The van der Waals surface area contributed by atoms with E-state index in [0.29, 0.717) is 5.56 Å². The van der Waals surface area contributed by atoms with Gasteiger partial charge in [-0.15, -0.1) is 0 Å². The number of para-hydroxylation sites is 1. The predicted molar refractivity (Wildman–Crippen MR) is 128 cm³/mol. The van der Waals surface area contributed by atoms with Crippen LogP contribution in [0.2, 0.25) is 0 Å². The third-order valence-corrected chi connectivity index (χ3v) is 5.61. The second-order valence-electron chi connectivity index (χ2n) is 7.24. The Hall–Kier alpha value is -2.74. The lowest BCUT2D eigenvalue weighted by molar-refractivity contribution is -0.142. The highest BCUT2D eigenvalue weighted by atomic mass is 32.1. The Morgan fingerprint density at radius 1 is 0.939 bits per heavy atom. The summed E-state index contributed by atoms with van der Waals surface area (Å²) in [5.74, 6) is -3.71. The number of nitrogens with one attached hydrogen (secondary N) is 4. The number of fused-ring (bicyclic) bond motifs is 1. The molecule has 33 heavy (non-hydrogen) atoms. The minimum absolute atomic E-state index is 0.0205. The molecule has 1 aromatic heterocycles. The molecule has 0 bridgehead atoms. The van der Waals surface area contributed by atoms with Crippen LogP contribution in [0.25, 0.3) is 10.9 Å². The third kappa shape index (κ3) is 7.12. The van der Waals surface area contributed by atoms with Gasteiger partial charge in [-0.1, -0.05) is 18.2 Å². The number of amides is 3. The van der Waals surface area contributed by atoms with Crippen LogP contribution in [0.3, 0.4) is 0 Å². The van der Waals surface area contributed by atoms with Crippen LogP contribution in [0, 0.1) is 0 Å². The molecule has 0 aliphatic carbocycles. The molecule has 1 aromatic carbocycles. The quantitative estimate of drug-likeness (QED) is 0.158. The molecule has 11 nitrogen and oxygen atoms in total. The number of aliphatic carboxylic acids is 1. The largest absolute Gasteiger partial charge is 0.480 e. The fourth-order valence-electron chi connectivity index (χ4n) is 3.01. The number of carbonyl (C=O) groups excluding carboxylic acids is 3. The Morgan fingerprint density at radius 2 is 1.48 bits per heavy atom. The molecular formula is C20H27N5O6S2. The fraction of sp³-hybridized carbons (Fsp3) is 0.400. The van der Waals surface area contributed by atoms with E-state index in [2.05, 4.69) is 46.2 Å². The normalized spacial score (nSPS) is 14.7. The van der Waals surface area contributed by atoms with Crippen LogP contribution in [-0.4, -0.2) is 81.2 Å². The van der Waals surface area contributed by atoms with Gasteiger partial charge in [0.25, 0.3) is 0 Å². The molecule has 0 aliphatic heterocycles. The smallest absolute Gasteiger partial charge is 0.326 e. The zero-order valence-corrected chi connectivity index (χ0v) is 19.3. The van der Waals surface area contributed by atoms with Gasteiger partial charge in [0.05, 0.1) is 6.61 Å². The maximum absolute atomic E-state index is 12.7. The lowest BCUT2D eigenvalue weighted by Gasteiger charge is -2.23. The molecule has 3 amide bonds. The van der Waals surface area contributed by atoms with E-state index in [1.807, 2.05) is 24.3 Å². The van der Waals surface area contributed by atoms with E-state index in [4.69, 9.17) is 10.8 Å². The van der Waals surface area contributed by atoms with Gasteiger partial charge in [-0.05, 0) is 11.6 Å². The van der Waals surface area contributed by atoms with Gasteiger partial charge in [-0.25, -0.2) is 4.79 Å². The average molecular weight is 498 g/mol. The molecule has 8 N–H and O–H groups in total. The maximum atomic E-state index is 12.7. The van der Waals surface area contributed by atoms with Crippen LogP contribution in [0.5, 0.6) is 0 Å². The molecule has 4 unspecified atom stereocenters. The standard InChI is InChI=1S/C20H27N5O6S2/c21-12(7-26)17(27)24-15(8-32)19(29)25-16(9-33)18(28)23-14(20(30)31)5-10-6-22-13-4-2-1-3-11(10)13/h1-4,6,12,14-16,22,26,32-33H,5,7-9,21H2,(H,23,28)(H,24,27)(H,25,29)(H,30,31). The van der Waals surface area contributed by atoms with Gasteiger partial charge in [0.2, 0.25) is 17.7 Å². The van der Waals surface area contributed by atoms with Gasteiger partial charge >= 0.3 is 5.97 Å². The number of benzene rings is 1. The summed E-state index contributed by atoms with van der Waals surface area (Å²) in [6.07, 6.45) is 1.70. The van der Waals surface area contributed by atoms with Crippen molar-refractivity contribution in [1.82, 2.24) is 20.9 Å². The van der Waals surface area contributed by atoms with E-state index in [1.165, 1.54) is 0 Å². The number of rotatable bonds is 12. The summed E-state index contributed by atoms with van der Waals surface area (Å²) in [5.41, 5.74) is 6.96. The van der Waals surface area contributed by atoms with E-state index in [1.54, 1.807) is 6.20 Å². The van der Waals surface area contributed by atoms with Crippen molar-refractivity contribution < 1.29 is 29.4 Å². The van der Waals surface area contributed by atoms with E-state index in [0.717, 1.165) is 10.9 Å². The Kier molecular flexibility index (Phi) is 10.0. The minimum Gasteiger partial charge on any atom is -0.480 e. The molecule has 0 saturated heterocycles. The van der Waals surface area contributed by atoms with Gasteiger partial charge in [-0.3, -0.25) is 14.4 Å². The fourth-order valence-corrected chi connectivity index (χ4v) is 3.53. The van der Waals surface area contributed by atoms with Crippen LogP contribution in [0.1, 0.15) is 5.56 Å². The van der Waals surface area contributed by atoms with Crippen molar-refractivity contribution in [2.45, 2.75) is 30.6 Å². The van der Waals surface area contributed by atoms with E-state index in [-0.39, 0.29) is 17.9 Å². The Morgan fingerprint density at radius 3 is 2.03 bits per heavy atom. The lowest BCUT2D eigenvalue weighted by Crippen LogP contribution is -2.58. The van der Waals surface area contributed by atoms with Crippen LogP contribution in [-0.2, 0) is 25.6 Å². The Labute approximate surface area is 200 Å². The highest BCUT2D eigenvalue weighted by Gasteiger charge is 2.29. The first-order valence-electron chi connectivity index (χ1n) is 9.98. The summed E-state index contributed by atoms with van der Waals surface area (Å²) >= 11 is 8.08. The number of carbonyl (C=O) groups is 4. The van der Waals surface area contributed by atoms with Crippen molar-refractivity contribution in [3.05, 3.63) is 36.0 Å². The Bertz CT molecular complexity index is 1000. The average Bonchev–Trinajstić information content (AvgIpc) is 3.22. The second-order valence-corrected chi connectivity index (χ2v) is 7.97. The number of carboxylic acid groups (broad SMARTS) is 1. The van der Waals surface area contributed by atoms with Gasteiger partial charge in [0, 0.05) is 35.0 Å². The summed E-state index contributed by atoms with van der Waals surface area (Å²) in [6, 6.07) is 2.59. The number of thiol groups is 2. The molecule has 2 rings (SSSR count). The molecule has 180 valence electrons. The summed E-state index contributed by atoms with van der Waals surface area (Å²) < 4.78 is 0. The molecule has 0 radical (unpaired) electrons. The van der Waals surface area contributed by atoms with Crippen molar-refractivity contribution in [2.75, 3.05) is 18.1 Å². The number of aromatic nitrogens is 1. The molecular weight excluding hydrogens is 470 g/mol. The topological polar surface area (TPSA) is 187 Å². The van der Waals surface area contributed by atoms with Crippen molar-refractivity contribution in [2.24, 2.45) is 5.73 Å². The monoisotopic (exact) mass is 497 g/mol.